The van der Waals surface area contributed by atoms with Gasteiger partial charge in [-0.3, -0.25) is 0 Å². The van der Waals surface area contributed by atoms with Crippen LogP contribution in [0.2, 0.25) is 0 Å². The summed E-state index contributed by atoms with van der Waals surface area (Å²) in [6.07, 6.45) is 0. The fraction of sp³-hybridized carbons (Fsp3) is 0.375. The van der Waals surface area contributed by atoms with E-state index in [1.807, 2.05) is 30.3 Å². The van der Waals surface area contributed by atoms with Gasteiger partial charge in [-0.1, -0.05) is 30.3 Å². The lowest BCUT2D eigenvalue weighted by molar-refractivity contribution is 0.0590. The van der Waals surface area contributed by atoms with Crippen LogP contribution in [0.5, 0.6) is 0 Å². The van der Waals surface area contributed by atoms with Crippen LogP contribution in [0.1, 0.15) is 22.0 Å². The zero-order valence-corrected chi connectivity index (χ0v) is 15.3. The topological polar surface area (TPSA) is 103 Å². The maximum absolute atomic E-state index is 13.0. The second-order valence-electron chi connectivity index (χ2n) is 5.81. The molecule has 0 spiro atoms. The van der Waals surface area contributed by atoms with Crippen molar-refractivity contribution < 1.29 is 17.9 Å². The van der Waals surface area contributed by atoms with Gasteiger partial charge in [0.25, 0.3) is 10.0 Å². The summed E-state index contributed by atoms with van der Waals surface area (Å²) in [6, 6.07) is 9.74. The smallest absolute Gasteiger partial charge is 0.358 e. The van der Waals surface area contributed by atoms with Crippen LogP contribution in [-0.2, 0) is 14.8 Å². The number of rotatable bonds is 5. The number of aromatic nitrogens is 1. The first-order chi connectivity index (χ1) is 12.0. The summed E-state index contributed by atoms with van der Waals surface area (Å²) in [5.41, 5.74) is 8.11. The van der Waals surface area contributed by atoms with Gasteiger partial charge in [0, 0.05) is 19.0 Å². The Morgan fingerprint density at radius 1 is 1.36 bits per heavy atom. The van der Waals surface area contributed by atoms with Gasteiger partial charge in [0.15, 0.2) is 9.90 Å². The van der Waals surface area contributed by atoms with Gasteiger partial charge in [-0.25, -0.2) is 18.2 Å². The van der Waals surface area contributed by atoms with Crippen molar-refractivity contribution in [1.82, 2.24) is 9.29 Å². The van der Waals surface area contributed by atoms with Crippen LogP contribution >= 0.6 is 11.3 Å². The quantitative estimate of drug-likeness (QED) is 0.783. The predicted molar refractivity (Wildman–Crippen MR) is 93.9 cm³/mol. The highest BCUT2D eigenvalue weighted by Gasteiger charge is 2.41. The number of benzene rings is 1. The van der Waals surface area contributed by atoms with Gasteiger partial charge < -0.3 is 10.5 Å². The van der Waals surface area contributed by atoms with Crippen molar-refractivity contribution >= 4 is 27.3 Å². The molecule has 3 rings (SSSR count). The van der Waals surface area contributed by atoms with E-state index in [1.54, 1.807) is 0 Å². The summed E-state index contributed by atoms with van der Waals surface area (Å²) >= 11 is 0.920. The molecule has 2 N–H and O–H groups in total. The first-order valence-corrected chi connectivity index (χ1v) is 10.1. The van der Waals surface area contributed by atoms with Crippen LogP contribution in [0, 0.1) is 5.92 Å². The van der Waals surface area contributed by atoms with E-state index >= 15 is 0 Å². The summed E-state index contributed by atoms with van der Waals surface area (Å²) in [4.78, 5) is 15.6. The van der Waals surface area contributed by atoms with Crippen LogP contribution in [0.4, 0.5) is 0 Å². The molecule has 0 unspecified atom stereocenters. The first kappa shape index (κ1) is 18.0. The highest BCUT2D eigenvalue weighted by molar-refractivity contribution is 7.91. The van der Waals surface area contributed by atoms with Crippen molar-refractivity contribution in [1.29, 1.82) is 0 Å². The summed E-state index contributed by atoms with van der Waals surface area (Å²) in [5.74, 6) is -0.712. The molecule has 9 heteroatoms. The number of esters is 1. The lowest BCUT2D eigenvalue weighted by Crippen LogP contribution is -2.30. The van der Waals surface area contributed by atoms with Crippen LogP contribution in [0.15, 0.2) is 40.1 Å². The number of hydrogen-bond acceptors (Lipinski definition) is 7. The predicted octanol–water partition coefficient (Wildman–Crippen LogP) is 1.29. The van der Waals surface area contributed by atoms with E-state index in [-0.39, 0.29) is 21.7 Å². The van der Waals surface area contributed by atoms with Gasteiger partial charge in [0.1, 0.15) is 0 Å². The first-order valence-electron chi connectivity index (χ1n) is 7.76. The standard InChI is InChI=1S/C16H19N3O4S2/c1-23-15(20)14-16(24-10-18-14)25(21,22)19-8-12(7-17)13(9-19)11-5-3-2-4-6-11/h2-6,10,12-13H,7-9,17H2,1H3/t12-,13+/m1/s1. The Balaban J connectivity index is 1.92. The number of carbonyl (C=O) groups excluding carboxylic acids is 1. The van der Waals surface area contributed by atoms with Crippen LogP contribution in [0.3, 0.4) is 0 Å². The molecule has 0 saturated carbocycles. The maximum Gasteiger partial charge on any atom is 0.358 e. The van der Waals surface area contributed by atoms with E-state index < -0.39 is 16.0 Å². The molecule has 1 aliphatic heterocycles. The number of methoxy groups -OCH3 is 1. The Kier molecular flexibility index (Phi) is 5.19. The van der Waals surface area contributed by atoms with Crippen LogP contribution in [-0.4, -0.2) is 50.4 Å². The number of nitrogens with zero attached hydrogens (tertiary/aromatic N) is 2. The van der Waals surface area contributed by atoms with E-state index in [0.717, 1.165) is 16.9 Å². The van der Waals surface area contributed by atoms with Gasteiger partial charge in [0.2, 0.25) is 0 Å². The third-order valence-corrected chi connectivity index (χ3v) is 7.60. The molecule has 0 bridgehead atoms. The SMILES string of the molecule is COC(=O)c1ncsc1S(=O)(=O)N1C[C@@H](CN)[C@H](c2ccccc2)C1. The number of nitrogens with two attached hydrogens (primary N) is 1. The monoisotopic (exact) mass is 381 g/mol. The fourth-order valence-electron chi connectivity index (χ4n) is 3.11. The minimum Gasteiger partial charge on any atom is -0.464 e. The molecule has 0 radical (unpaired) electrons. The molecule has 7 nitrogen and oxygen atoms in total. The number of sulfonamides is 1. The molecule has 2 heterocycles. The van der Waals surface area contributed by atoms with E-state index in [9.17, 15) is 13.2 Å². The molecule has 2 aromatic rings. The summed E-state index contributed by atoms with van der Waals surface area (Å²) in [7, 11) is -2.63. The number of thiazole rings is 1. The largest absolute Gasteiger partial charge is 0.464 e. The Bertz CT molecular complexity index is 851. The molecule has 1 saturated heterocycles. The van der Waals surface area contributed by atoms with Gasteiger partial charge >= 0.3 is 5.97 Å². The Labute approximate surface area is 150 Å². The minimum atomic E-state index is -3.83. The van der Waals surface area contributed by atoms with Crippen molar-refractivity contribution in [2.24, 2.45) is 11.7 Å². The molecule has 0 aliphatic carbocycles. The molecule has 1 aromatic heterocycles. The third-order valence-electron chi connectivity index (χ3n) is 4.43. The third kappa shape index (κ3) is 3.32. The van der Waals surface area contributed by atoms with Gasteiger partial charge in [0.05, 0.1) is 12.6 Å². The Morgan fingerprint density at radius 2 is 2.08 bits per heavy atom. The second-order valence-corrected chi connectivity index (χ2v) is 8.80. The van der Waals surface area contributed by atoms with E-state index in [1.165, 1.54) is 16.9 Å². The van der Waals surface area contributed by atoms with Crippen molar-refractivity contribution in [3.63, 3.8) is 0 Å². The van der Waals surface area contributed by atoms with Crippen LogP contribution < -0.4 is 5.73 Å². The lowest BCUT2D eigenvalue weighted by atomic mass is 9.89. The molecule has 1 aromatic carbocycles. The molecule has 25 heavy (non-hydrogen) atoms. The lowest BCUT2D eigenvalue weighted by Gasteiger charge is -2.16. The molecular formula is C16H19N3O4S2. The summed E-state index contributed by atoms with van der Waals surface area (Å²) in [5, 5.41) is 0. The average molecular weight is 381 g/mol. The molecular weight excluding hydrogens is 362 g/mol. The summed E-state index contributed by atoms with van der Waals surface area (Å²) in [6.45, 7) is 1.03. The van der Waals surface area contributed by atoms with Crippen molar-refractivity contribution in [3.8, 4) is 0 Å². The zero-order valence-electron chi connectivity index (χ0n) is 13.7. The maximum atomic E-state index is 13.0. The average Bonchev–Trinajstić information content (AvgIpc) is 3.29. The normalized spacial score (nSPS) is 21.4. The highest BCUT2D eigenvalue weighted by Crippen LogP contribution is 2.36. The number of hydrogen-bond donors (Lipinski definition) is 1. The molecule has 0 amide bonds. The molecule has 1 aliphatic rings. The van der Waals surface area contributed by atoms with Crippen molar-refractivity contribution in [2.45, 2.75) is 10.1 Å². The summed E-state index contributed by atoms with van der Waals surface area (Å²) < 4.78 is 32.0. The Hall–Kier alpha value is -1.81. The Morgan fingerprint density at radius 3 is 2.72 bits per heavy atom. The fourth-order valence-corrected chi connectivity index (χ4v) is 5.91. The van der Waals surface area contributed by atoms with Gasteiger partial charge in [-0.2, -0.15) is 4.31 Å². The molecule has 134 valence electrons. The van der Waals surface area contributed by atoms with Gasteiger partial charge in [-0.05, 0) is 18.0 Å². The number of carbonyl (C=O) groups is 1. The van der Waals surface area contributed by atoms with E-state index in [4.69, 9.17) is 5.73 Å². The highest BCUT2D eigenvalue weighted by atomic mass is 32.2. The number of ether oxygens (including phenoxy) is 1. The van der Waals surface area contributed by atoms with E-state index in [2.05, 4.69) is 9.72 Å². The van der Waals surface area contributed by atoms with Gasteiger partial charge in [-0.15, -0.1) is 11.3 Å². The molecule has 2 atom stereocenters. The van der Waals surface area contributed by atoms with Crippen molar-refractivity contribution in [3.05, 3.63) is 47.1 Å². The van der Waals surface area contributed by atoms with E-state index in [0.29, 0.717) is 19.6 Å². The van der Waals surface area contributed by atoms with Crippen molar-refractivity contribution in [2.75, 3.05) is 26.7 Å². The second kappa shape index (κ2) is 7.20. The zero-order chi connectivity index (χ0) is 18.0. The molecule has 1 fully saturated rings. The minimum absolute atomic E-state index is 0.0201. The van der Waals surface area contributed by atoms with Crippen LogP contribution in [0.25, 0.3) is 0 Å².